The molecule has 1 heterocycles. The molecule has 0 N–H and O–H groups in total. The minimum atomic E-state index is -0.0000812. The molecule has 1 aromatic heterocycles. The third-order valence-corrected chi connectivity index (χ3v) is 12.4. The van der Waals surface area contributed by atoms with E-state index in [0.717, 1.165) is 50.1 Å². The molecule has 0 unspecified atom stereocenters. The Morgan fingerprint density at radius 2 is 1.02 bits per heavy atom. The van der Waals surface area contributed by atoms with E-state index >= 15 is 0 Å². The smallest absolute Gasteiger partial charge is 0.138 e. The van der Waals surface area contributed by atoms with Crippen LogP contribution in [0.5, 0.6) is 0 Å². The fraction of sp³-hybridized carbons (Fsp3) is 0.153. The standard InChI is InChI=1S/C59H51NO/c1-38-32-48(37-53-51-21-11-13-25-55(51)61-57(38)53)60(47-30-28-40(29-31-47)43-27-26-39-16-8-9-17-42(39)33-43)54-24-12-10-20-50(54)52-23-15-19-41-18-14-22-49(56(41)52)44-34-45(58(2,3)4)36-46(35-44)59(5,6)7/h8-37H,1-7H3. The number of furan rings is 1. The highest BCUT2D eigenvalue weighted by atomic mass is 16.3. The zero-order valence-electron chi connectivity index (χ0n) is 36.2. The number of fused-ring (bicyclic) bond motifs is 5. The van der Waals surface area contributed by atoms with Gasteiger partial charge in [-0.3, -0.25) is 0 Å². The van der Waals surface area contributed by atoms with Crippen molar-refractivity contribution in [3.63, 3.8) is 0 Å². The largest absolute Gasteiger partial charge is 0.456 e. The third kappa shape index (κ3) is 6.96. The molecule has 2 heteroatoms. The predicted octanol–water partition coefficient (Wildman–Crippen LogP) is 17.3. The number of para-hydroxylation sites is 2. The average Bonchev–Trinajstić information content (AvgIpc) is 3.65. The van der Waals surface area contributed by atoms with Gasteiger partial charge in [0.25, 0.3) is 0 Å². The highest BCUT2D eigenvalue weighted by molar-refractivity contribution is 6.10. The molecule has 61 heavy (non-hydrogen) atoms. The summed E-state index contributed by atoms with van der Waals surface area (Å²) in [5, 5.41) is 7.19. The van der Waals surface area contributed by atoms with Crippen molar-refractivity contribution in [1.82, 2.24) is 0 Å². The number of rotatable bonds is 6. The summed E-state index contributed by atoms with van der Waals surface area (Å²) in [5.41, 5.74) is 16.1. The van der Waals surface area contributed by atoms with Crippen molar-refractivity contribution >= 4 is 60.5 Å². The topological polar surface area (TPSA) is 16.4 Å². The lowest BCUT2D eigenvalue weighted by Gasteiger charge is -2.29. The summed E-state index contributed by atoms with van der Waals surface area (Å²) in [4.78, 5) is 2.44. The summed E-state index contributed by atoms with van der Waals surface area (Å²) >= 11 is 0. The van der Waals surface area contributed by atoms with E-state index in [4.69, 9.17) is 4.42 Å². The zero-order chi connectivity index (χ0) is 42.0. The normalized spacial score (nSPS) is 12.2. The Kier molecular flexibility index (Phi) is 9.22. The van der Waals surface area contributed by atoms with E-state index in [0.29, 0.717) is 0 Å². The Morgan fingerprint density at radius 3 is 1.75 bits per heavy atom. The van der Waals surface area contributed by atoms with Crippen molar-refractivity contribution in [2.75, 3.05) is 4.90 Å². The highest BCUT2D eigenvalue weighted by Crippen LogP contribution is 2.47. The van der Waals surface area contributed by atoms with Gasteiger partial charge in [-0.2, -0.15) is 0 Å². The van der Waals surface area contributed by atoms with E-state index in [1.807, 2.05) is 6.07 Å². The van der Waals surface area contributed by atoms with E-state index in [1.54, 1.807) is 0 Å². The molecule has 10 rings (SSSR count). The van der Waals surface area contributed by atoms with Gasteiger partial charge < -0.3 is 9.32 Å². The van der Waals surface area contributed by atoms with Gasteiger partial charge in [-0.05, 0) is 126 Å². The van der Waals surface area contributed by atoms with Gasteiger partial charge in [0.2, 0.25) is 0 Å². The Balaban J connectivity index is 1.20. The van der Waals surface area contributed by atoms with Gasteiger partial charge >= 0.3 is 0 Å². The number of benzene rings is 9. The second kappa shape index (κ2) is 14.7. The highest BCUT2D eigenvalue weighted by Gasteiger charge is 2.24. The maximum atomic E-state index is 6.46. The molecule has 0 aliphatic heterocycles. The number of hydrogen-bond donors (Lipinski definition) is 0. The molecule has 2 nitrogen and oxygen atoms in total. The maximum Gasteiger partial charge on any atom is 0.138 e. The van der Waals surface area contributed by atoms with E-state index in [9.17, 15) is 0 Å². The van der Waals surface area contributed by atoms with Crippen LogP contribution in [0.4, 0.5) is 17.1 Å². The minimum absolute atomic E-state index is 0.0000812. The monoisotopic (exact) mass is 789 g/mol. The van der Waals surface area contributed by atoms with Crippen molar-refractivity contribution < 1.29 is 4.42 Å². The van der Waals surface area contributed by atoms with Gasteiger partial charge in [-0.25, -0.2) is 0 Å². The van der Waals surface area contributed by atoms with E-state index in [1.165, 1.54) is 60.5 Å². The molecule has 10 aromatic rings. The SMILES string of the molecule is Cc1cc(N(c2ccc(-c3ccc4ccccc4c3)cc2)c2ccccc2-c2cccc3cccc(-c4cc(C(C)(C)C)cc(C(C)(C)C)c4)c23)cc2c1oc1ccccc12. The molecule has 0 radical (unpaired) electrons. The van der Waals surface area contributed by atoms with Crippen LogP contribution in [-0.2, 0) is 10.8 Å². The molecule has 0 spiro atoms. The molecule has 0 atom stereocenters. The average molecular weight is 790 g/mol. The number of anilines is 3. The second-order valence-corrected chi connectivity index (χ2v) is 18.7. The van der Waals surface area contributed by atoms with E-state index in [-0.39, 0.29) is 10.8 Å². The van der Waals surface area contributed by atoms with Crippen molar-refractivity contribution in [3.05, 3.63) is 199 Å². The molecule has 0 saturated heterocycles. The molecule has 298 valence electrons. The van der Waals surface area contributed by atoms with Crippen LogP contribution in [0.2, 0.25) is 0 Å². The van der Waals surface area contributed by atoms with Crippen LogP contribution in [0.25, 0.3) is 76.9 Å². The summed E-state index contributed by atoms with van der Waals surface area (Å²) in [7, 11) is 0. The number of nitrogens with zero attached hydrogens (tertiary/aromatic N) is 1. The van der Waals surface area contributed by atoms with Crippen LogP contribution in [0.3, 0.4) is 0 Å². The van der Waals surface area contributed by atoms with Gasteiger partial charge in [0, 0.05) is 27.7 Å². The van der Waals surface area contributed by atoms with E-state index in [2.05, 4.69) is 229 Å². The minimum Gasteiger partial charge on any atom is -0.456 e. The molecule has 0 aliphatic rings. The number of aryl methyl sites for hydroxylation is 1. The Bertz CT molecular complexity index is 3240. The Hall–Kier alpha value is -6.90. The quantitative estimate of drug-likeness (QED) is 0.167. The van der Waals surface area contributed by atoms with Gasteiger partial charge in [-0.1, -0.05) is 181 Å². The van der Waals surface area contributed by atoms with E-state index < -0.39 is 0 Å². The van der Waals surface area contributed by atoms with Gasteiger partial charge in [0.15, 0.2) is 0 Å². The van der Waals surface area contributed by atoms with Crippen LogP contribution in [0, 0.1) is 6.92 Å². The Labute approximate surface area is 359 Å². The van der Waals surface area contributed by atoms with Gasteiger partial charge in [-0.15, -0.1) is 0 Å². The van der Waals surface area contributed by atoms with Crippen LogP contribution in [-0.4, -0.2) is 0 Å². The van der Waals surface area contributed by atoms with Crippen LogP contribution in [0.1, 0.15) is 58.2 Å². The fourth-order valence-corrected chi connectivity index (χ4v) is 9.06. The molecule has 0 fully saturated rings. The summed E-state index contributed by atoms with van der Waals surface area (Å²) in [5.74, 6) is 0. The Morgan fingerprint density at radius 1 is 0.410 bits per heavy atom. The summed E-state index contributed by atoms with van der Waals surface area (Å²) < 4.78 is 6.46. The first-order chi connectivity index (χ1) is 29.4. The first-order valence-corrected chi connectivity index (χ1v) is 21.5. The molecule has 0 aliphatic carbocycles. The maximum absolute atomic E-state index is 6.46. The third-order valence-electron chi connectivity index (χ3n) is 12.4. The molecule has 9 aromatic carbocycles. The van der Waals surface area contributed by atoms with Crippen molar-refractivity contribution in [1.29, 1.82) is 0 Å². The zero-order valence-corrected chi connectivity index (χ0v) is 36.2. The van der Waals surface area contributed by atoms with Gasteiger partial charge in [0.05, 0.1) is 5.69 Å². The fourth-order valence-electron chi connectivity index (χ4n) is 9.06. The number of hydrogen-bond acceptors (Lipinski definition) is 2. The first kappa shape index (κ1) is 38.3. The summed E-state index contributed by atoms with van der Waals surface area (Å²) in [6.07, 6.45) is 0. The van der Waals surface area contributed by atoms with Crippen LogP contribution in [0.15, 0.2) is 186 Å². The summed E-state index contributed by atoms with van der Waals surface area (Å²) in [6, 6.07) is 67.1. The first-order valence-electron chi connectivity index (χ1n) is 21.5. The summed E-state index contributed by atoms with van der Waals surface area (Å²) in [6.45, 7) is 16.1. The predicted molar refractivity (Wildman–Crippen MR) is 262 cm³/mol. The molecule has 0 amide bonds. The van der Waals surface area contributed by atoms with Crippen LogP contribution >= 0.6 is 0 Å². The van der Waals surface area contributed by atoms with Gasteiger partial charge in [0.1, 0.15) is 11.2 Å². The second-order valence-electron chi connectivity index (χ2n) is 18.7. The van der Waals surface area contributed by atoms with Crippen molar-refractivity contribution in [3.8, 4) is 33.4 Å². The van der Waals surface area contributed by atoms with Crippen LogP contribution < -0.4 is 4.90 Å². The lowest BCUT2D eigenvalue weighted by molar-refractivity contribution is 0.569. The lowest BCUT2D eigenvalue weighted by atomic mass is 9.78. The van der Waals surface area contributed by atoms with Crippen molar-refractivity contribution in [2.45, 2.75) is 59.3 Å². The molecular formula is C59H51NO. The lowest BCUT2D eigenvalue weighted by Crippen LogP contribution is -2.16. The molecular weight excluding hydrogens is 739 g/mol. The van der Waals surface area contributed by atoms with Crippen molar-refractivity contribution in [2.24, 2.45) is 0 Å². The molecule has 0 bridgehead atoms. The molecule has 0 saturated carbocycles.